The number of hydrogen-bond acceptors (Lipinski definition) is 5. The van der Waals surface area contributed by atoms with E-state index in [1.807, 2.05) is 18.2 Å². The lowest BCUT2D eigenvalue weighted by Gasteiger charge is -2.38. The number of nitro benzene ring substituents is 1. The number of nitrogens with one attached hydrogen (secondary N) is 1. The van der Waals surface area contributed by atoms with Gasteiger partial charge in [0.15, 0.2) is 0 Å². The Kier molecular flexibility index (Phi) is 4.19. The maximum atomic E-state index is 10.9. The van der Waals surface area contributed by atoms with Crippen molar-refractivity contribution in [2.24, 2.45) is 0 Å². The fourth-order valence-corrected chi connectivity index (χ4v) is 2.99. The van der Waals surface area contributed by atoms with E-state index < -0.39 is 4.92 Å². The van der Waals surface area contributed by atoms with Crippen molar-refractivity contribution in [1.82, 2.24) is 10.2 Å². The molecular formula is C17H21N3O3. The predicted octanol–water partition coefficient (Wildman–Crippen LogP) is 3.04. The second kappa shape index (κ2) is 6.14. The summed E-state index contributed by atoms with van der Waals surface area (Å²) in [6, 6.07) is 10.3. The van der Waals surface area contributed by atoms with Gasteiger partial charge in [-0.1, -0.05) is 12.1 Å². The molecule has 1 aromatic carbocycles. The number of nitrogens with zero attached hydrogens (tertiary/aromatic N) is 2. The molecular weight excluding hydrogens is 294 g/mol. The number of piperazine rings is 1. The number of nitro groups is 1. The Morgan fingerprint density at radius 1 is 1.35 bits per heavy atom. The van der Waals surface area contributed by atoms with Crippen LogP contribution in [0.3, 0.4) is 0 Å². The Morgan fingerprint density at radius 2 is 2.17 bits per heavy atom. The summed E-state index contributed by atoms with van der Waals surface area (Å²) >= 11 is 0. The number of non-ortho nitro benzene ring substituents is 1. The van der Waals surface area contributed by atoms with Crippen LogP contribution in [0.4, 0.5) is 5.69 Å². The number of furan rings is 1. The van der Waals surface area contributed by atoms with E-state index in [-0.39, 0.29) is 11.2 Å². The van der Waals surface area contributed by atoms with Gasteiger partial charge in [-0.3, -0.25) is 15.0 Å². The fraction of sp³-hybridized carbons (Fsp3) is 0.412. The molecule has 0 spiro atoms. The standard InChI is InChI=1S/C17H21N3O3/c1-17(2)12-19(9-8-18-17)11-15-6-7-16(23-15)13-4-3-5-14(10-13)20(21)22/h3-7,10,18H,8-9,11-12H2,1-2H3. The van der Waals surface area contributed by atoms with E-state index in [4.69, 9.17) is 4.42 Å². The zero-order chi connectivity index (χ0) is 16.4. The van der Waals surface area contributed by atoms with Crippen molar-refractivity contribution < 1.29 is 9.34 Å². The summed E-state index contributed by atoms with van der Waals surface area (Å²) in [5, 5.41) is 14.4. The normalized spacial score (nSPS) is 18.0. The molecule has 1 aliphatic heterocycles. The monoisotopic (exact) mass is 315 g/mol. The molecule has 1 aromatic heterocycles. The van der Waals surface area contributed by atoms with Gasteiger partial charge in [0.05, 0.1) is 11.5 Å². The molecule has 122 valence electrons. The average molecular weight is 315 g/mol. The molecule has 0 saturated carbocycles. The smallest absolute Gasteiger partial charge is 0.270 e. The summed E-state index contributed by atoms with van der Waals surface area (Å²) in [6.45, 7) is 8.03. The second-order valence-corrected chi connectivity index (χ2v) is 6.59. The Labute approximate surface area is 135 Å². The minimum Gasteiger partial charge on any atom is -0.460 e. The zero-order valence-corrected chi connectivity index (χ0v) is 13.4. The zero-order valence-electron chi connectivity index (χ0n) is 13.4. The molecule has 23 heavy (non-hydrogen) atoms. The lowest BCUT2D eigenvalue weighted by molar-refractivity contribution is -0.384. The topological polar surface area (TPSA) is 71.5 Å². The Morgan fingerprint density at radius 3 is 2.91 bits per heavy atom. The minimum absolute atomic E-state index is 0.0734. The number of hydrogen-bond donors (Lipinski definition) is 1. The molecule has 3 rings (SSSR count). The Balaban J connectivity index is 1.73. The molecule has 6 nitrogen and oxygen atoms in total. The van der Waals surface area contributed by atoms with Crippen molar-refractivity contribution in [3.05, 3.63) is 52.3 Å². The van der Waals surface area contributed by atoms with Gasteiger partial charge in [-0.05, 0) is 26.0 Å². The summed E-state index contributed by atoms with van der Waals surface area (Å²) in [4.78, 5) is 12.8. The van der Waals surface area contributed by atoms with Crippen LogP contribution < -0.4 is 5.32 Å². The Hall–Kier alpha value is -2.18. The molecule has 0 atom stereocenters. The first-order valence-electron chi connectivity index (χ1n) is 7.74. The van der Waals surface area contributed by atoms with Crippen LogP contribution in [0.2, 0.25) is 0 Å². The molecule has 0 bridgehead atoms. The van der Waals surface area contributed by atoms with E-state index in [1.165, 1.54) is 12.1 Å². The lowest BCUT2D eigenvalue weighted by Crippen LogP contribution is -2.56. The van der Waals surface area contributed by atoms with Crippen molar-refractivity contribution in [2.45, 2.75) is 25.9 Å². The molecule has 2 heterocycles. The summed E-state index contributed by atoms with van der Waals surface area (Å²) in [7, 11) is 0. The van der Waals surface area contributed by atoms with Crippen molar-refractivity contribution in [2.75, 3.05) is 19.6 Å². The van der Waals surface area contributed by atoms with Crippen LogP contribution in [-0.2, 0) is 6.54 Å². The molecule has 0 amide bonds. The van der Waals surface area contributed by atoms with Crippen LogP contribution in [0.1, 0.15) is 19.6 Å². The van der Waals surface area contributed by atoms with Gasteiger partial charge < -0.3 is 9.73 Å². The van der Waals surface area contributed by atoms with Crippen LogP contribution >= 0.6 is 0 Å². The van der Waals surface area contributed by atoms with Crippen molar-refractivity contribution in [3.63, 3.8) is 0 Å². The first-order chi connectivity index (χ1) is 10.9. The first kappa shape index (κ1) is 15.7. The van der Waals surface area contributed by atoms with Gasteiger partial charge in [-0.25, -0.2) is 0 Å². The van der Waals surface area contributed by atoms with Crippen molar-refractivity contribution >= 4 is 5.69 Å². The maximum Gasteiger partial charge on any atom is 0.270 e. The van der Waals surface area contributed by atoms with Gasteiger partial charge in [-0.15, -0.1) is 0 Å². The third-order valence-corrected chi connectivity index (χ3v) is 4.03. The first-order valence-corrected chi connectivity index (χ1v) is 7.74. The molecule has 1 saturated heterocycles. The van der Waals surface area contributed by atoms with Crippen LogP contribution in [0.5, 0.6) is 0 Å². The minimum atomic E-state index is -0.393. The van der Waals surface area contributed by atoms with Crippen LogP contribution in [0.25, 0.3) is 11.3 Å². The van der Waals surface area contributed by atoms with Crippen molar-refractivity contribution in [1.29, 1.82) is 0 Å². The maximum absolute atomic E-state index is 10.9. The highest BCUT2D eigenvalue weighted by Gasteiger charge is 2.26. The Bertz CT molecular complexity index is 709. The van der Waals surface area contributed by atoms with E-state index in [9.17, 15) is 10.1 Å². The molecule has 1 fully saturated rings. The third kappa shape index (κ3) is 3.78. The summed E-state index contributed by atoms with van der Waals surface area (Å²) in [5.74, 6) is 1.54. The second-order valence-electron chi connectivity index (χ2n) is 6.59. The summed E-state index contributed by atoms with van der Waals surface area (Å²) in [6.07, 6.45) is 0. The number of rotatable bonds is 4. The van der Waals surface area contributed by atoms with Gasteiger partial charge in [0.2, 0.25) is 0 Å². The van der Waals surface area contributed by atoms with Gasteiger partial charge in [0.1, 0.15) is 11.5 Å². The van der Waals surface area contributed by atoms with Gasteiger partial charge in [-0.2, -0.15) is 0 Å². The highest BCUT2D eigenvalue weighted by Crippen LogP contribution is 2.26. The number of benzene rings is 1. The molecule has 2 aromatic rings. The van der Waals surface area contributed by atoms with Crippen LogP contribution in [0, 0.1) is 10.1 Å². The predicted molar refractivity (Wildman–Crippen MR) is 88.2 cm³/mol. The SMILES string of the molecule is CC1(C)CN(Cc2ccc(-c3cccc([N+](=O)[O-])c3)o2)CCN1. The molecule has 0 radical (unpaired) electrons. The third-order valence-electron chi connectivity index (χ3n) is 4.03. The largest absolute Gasteiger partial charge is 0.460 e. The van der Waals surface area contributed by atoms with E-state index in [1.54, 1.807) is 6.07 Å². The average Bonchev–Trinajstić information content (AvgIpc) is 2.95. The van der Waals surface area contributed by atoms with E-state index in [0.717, 1.165) is 37.5 Å². The van der Waals surface area contributed by atoms with Crippen molar-refractivity contribution in [3.8, 4) is 11.3 Å². The fourth-order valence-electron chi connectivity index (χ4n) is 2.99. The van der Waals surface area contributed by atoms with E-state index in [2.05, 4.69) is 24.1 Å². The highest BCUT2D eigenvalue weighted by molar-refractivity contribution is 5.61. The van der Waals surface area contributed by atoms with Gasteiger partial charge in [0.25, 0.3) is 5.69 Å². The molecule has 0 unspecified atom stereocenters. The quantitative estimate of drug-likeness (QED) is 0.693. The van der Waals surface area contributed by atoms with Gasteiger partial charge in [0, 0.05) is 42.9 Å². The highest BCUT2D eigenvalue weighted by atomic mass is 16.6. The lowest BCUT2D eigenvalue weighted by atomic mass is 10.0. The van der Waals surface area contributed by atoms with Crippen LogP contribution in [-0.4, -0.2) is 35.0 Å². The molecule has 0 aliphatic carbocycles. The molecule has 1 N–H and O–H groups in total. The summed E-state index contributed by atoms with van der Waals surface area (Å²) in [5.41, 5.74) is 0.906. The van der Waals surface area contributed by atoms with E-state index in [0.29, 0.717) is 5.76 Å². The molecule has 1 aliphatic rings. The van der Waals surface area contributed by atoms with Gasteiger partial charge >= 0.3 is 0 Å². The van der Waals surface area contributed by atoms with E-state index >= 15 is 0 Å². The van der Waals surface area contributed by atoms with Crippen LogP contribution in [0.15, 0.2) is 40.8 Å². The summed E-state index contributed by atoms with van der Waals surface area (Å²) < 4.78 is 5.89. The molecule has 6 heteroatoms.